The Hall–Kier alpha value is -1.59. The number of nitrogens with zero attached hydrogens (tertiary/aromatic N) is 3. The van der Waals surface area contributed by atoms with Crippen molar-refractivity contribution in [1.82, 2.24) is 15.0 Å². The lowest BCUT2D eigenvalue weighted by atomic mass is 9.80. The second kappa shape index (κ2) is 6.04. The van der Waals surface area contributed by atoms with Crippen LogP contribution >= 0.6 is 0 Å². The van der Waals surface area contributed by atoms with Gasteiger partial charge < -0.3 is 15.8 Å². The number of nitrogens with one attached hydrogen (secondary N) is 1. The van der Waals surface area contributed by atoms with E-state index in [1.807, 2.05) is 6.92 Å². The Balaban J connectivity index is 2.05. The number of aromatic nitrogens is 3. The standard InChI is InChI=1S/C13H23N5O/c1-4-19-13-17-11(14)16-12(18-13)15-10-6-8(2)5-9(3)7-10/h8-10H,4-7H2,1-3H3,(H3,14,15,16,17,18). The smallest absolute Gasteiger partial charge is 0.323 e. The Bertz CT molecular complexity index is 415. The summed E-state index contributed by atoms with van der Waals surface area (Å²) < 4.78 is 5.28. The minimum Gasteiger partial charge on any atom is -0.464 e. The van der Waals surface area contributed by atoms with Crippen molar-refractivity contribution in [2.75, 3.05) is 17.7 Å². The highest BCUT2D eigenvalue weighted by Gasteiger charge is 2.24. The number of anilines is 2. The van der Waals surface area contributed by atoms with Crippen molar-refractivity contribution in [2.24, 2.45) is 11.8 Å². The van der Waals surface area contributed by atoms with Crippen LogP contribution in [-0.2, 0) is 0 Å². The Morgan fingerprint density at radius 3 is 2.47 bits per heavy atom. The predicted octanol–water partition coefficient (Wildman–Crippen LogP) is 2.09. The molecule has 1 aromatic heterocycles. The van der Waals surface area contributed by atoms with Crippen LogP contribution in [0.15, 0.2) is 0 Å². The zero-order valence-electron chi connectivity index (χ0n) is 11.9. The predicted molar refractivity (Wildman–Crippen MR) is 75.0 cm³/mol. The summed E-state index contributed by atoms with van der Waals surface area (Å²) in [5.74, 6) is 2.17. The maximum Gasteiger partial charge on any atom is 0.323 e. The number of rotatable bonds is 4. The fourth-order valence-electron chi connectivity index (χ4n) is 2.88. The quantitative estimate of drug-likeness (QED) is 0.867. The van der Waals surface area contributed by atoms with Gasteiger partial charge in [-0.15, -0.1) is 0 Å². The molecule has 1 fully saturated rings. The Labute approximate surface area is 114 Å². The van der Waals surface area contributed by atoms with E-state index in [2.05, 4.69) is 34.1 Å². The molecule has 1 aromatic rings. The van der Waals surface area contributed by atoms with E-state index in [9.17, 15) is 0 Å². The van der Waals surface area contributed by atoms with Crippen LogP contribution in [0, 0.1) is 11.8 Å². The highest BCUT2D eigenvalue weighted by Crippen LogP contribution is 2.30. The first-order valence-corrected chi connectivity index (χ1v) is 6.97. The molecule has 0 saturated heterocycles. The Kier molecular flexibility index (Phi) is 4.39. The van der Waals surface area contributed by atoms with Gasteiger partial charge in [0.2, 0.25) is 11.9 Å². The van der Waals surface area contributed by atoms with Crippen molar-refractivity contribution < 1.29 is 4.74 Å². The highest BCUT2D eigenvalue weighted by molar-refractivity contribution is 5.33. The van der Waals surface area contributed by atoms with Crippen LogP contribution in [0.4, 0.5) is 11.9 Å². The van der Waals surface area contributed by atoms with Gasteiger partial charge in [-0.2, -0.15) is 15.0 Å². The molecule has 3 N–H and O–H groups in total. The SMILES string of the molecule is CCOc1nc(N)nc(NC2CC(C)CC(C)C2)n1. The lowest BCUT2D eigenvalue weighted by molar-refractivity contribution is 0.279. The number of nitrogens with two attached hydrogens (primary N) is 1. The van der Waals surface area contributed by atoms with E-state index in [-0.39, 0.29) is 12.0 Å². The van der Waals surface area contributed by atoms with Gasteiger partial charge in [-0.1, -0.05) is 13.8 Å². The molecule has 0 aromatic carbocycles. The summed E-state index contributed by atoms with van der Waals surface area (Å²) >= 11 is 0. The molecule has 1 heterocycles. The third-order valence-electron chi connectivity index (χ3n) is 3.42. The molecule has 106 valence electrons. The van der Waals surface area contributed by atoms with Crippen molar-refractivity contribution in [3.8, 4) is 6.01 Å². The third-order valence-corrected chi connectivity index (χ3v) is 3.42. The second-order valence-electron chi connectivity index (χ2n) is 5.49. The van der Waals surface area contributed by atoms with E-state index >= 15 is 0 Å². The first-order chi connectivity index (χ1) is 9.06. The van der Waals surface area contributed by atoms with Crippen LogP contribution in [0.3, 0.4) is 0 Å². The molecular formula is C13H23N5O. The monoisotopic (exact) mass is 265 g/mol. The molecule has 6 nitrogen and oxygen atoms in total. The van der Waals surface area contributed by atoms with E-state index in [1.54, 1.807) is 0 Å². The summed E-state index contributed by atoms with van der Waals surface area (Å²) in [5, 5.41) is 3.36. The van der Waals surface area contributed by atoms with Crippen molar-refractivity contribution >= 4 is 11.9 Å². The summed E-state index contributed by atoms with van der Waals surface area (Å²) in [6.07, 6.45) is 3.57. The molecule has 0 bridgehead atoms. The number of hydrogen-bond donors (Lipinski definition) is 2. The average Bonchev–Trinajstić information content (AvgIpc) is 2.26. The maximum atomic E-state index is 5.67. The summed E-state index contributed by atoms with van der Waals surface area (Å²) in [5.41, 5.74) is 5.67. The minimum atomic E-state index is 0.192. The molecule has 1 saturated carbocycles. The van der Waals surface area contributed by atoms with Gasteiger partial charge in [0.1, 0.15) is 0 Å². The van der Waals surface area contributed by atoms with Gasteiger partial charge in [0.15, 0.2) is 0 Å². The molecule has 19 heavy (non-hydrogen) atoms. The topological polar surface area (TPSA) is 86.0 Å². The highest BCUT2D eigenvalue weighted by atomic mass is 16.5. The molecule has 2 rings (SSSR count). The van der Waals surface area contributed by atoms with Crippen LogP contribution < -0.4 is 15.8 Å². The van der Waals surface area contributed by atoms with E-state index in [4.69, 9.17) is 10.5 Å². The lowest BCUT2D eigenvalue weighted by Gasteiger charge is -2.31. The molecule has 2 atom stereocenters. The van der Waals surface area contributed by atoms with Crippen LogP contribution in [0.25, 0.3) is 0 Å². The molecule has 6 heteroatoms. The first-order valence-electron chi connectivity index (χ1n) is 6.97. The van der Waals surface area contributed by atoms with Gasteiger partial charge in [-0.3, -0.25) is 0 Å². The Morgan fingerprint density at radius 2 is 1.84 bits per heavy atom. The zero-order chi connectivity index (χ0) is 13.8. The van der Waals surface area contributed by atoms with Gasteiger partial charge in [0, 0.05) is 6.04 Å². The van der Waals surface area contributed by atoms with Gasteiger partial charge in [-0.05, 0) is 38.0 Å². The molecule has 1 aliphatic rings. The van der Waals surface area contributed by atoms with Crippen molar-refractivity contribution in [3.05, 3.63) is 0 Å². The van der Waals surface area contributed by atoms with E-state index in [0.29, 0.717) is 18.6 Å². The van der Waals surface area contributed by atoms with Crippen LogP contribution in [0.1, 0.15) is 40.0 Å². The number of nitrogen functional groups attached to an aromatic ring is 1. The molecule has 1 aliphatic carbocycles. The molecule has 2 unspecified atom stereocenters. The van der Waals surface area contributed by atoms with Gasteiger partial charge in [-0.25, -0.2) is 0 Å². The molecule has 0 spiro atoms. The molecule has 0 aliphatic heterocycles. The van der Waals surface area contributed by atoms with E-state index in [0.717, 1.165) is 24.7 Å². The van der Waals surface area contributed by atoms with Gasteiger partial charge >= 0.3 is 6.01 Å². The normalized spacial score (nSPS) is 27.0. The average molecular weight is 265 g/mol. The van der Waals surface area contributed by atoms with Crippen molar-refractivity contribution in [2.45, 2.75) is 46.1 Å². The number of ether oxygens (including phenoxy) is 1. The third kappa shape index (κ3) is 3.94. The second-order valence-corrected chi connectivity index (χ2v) is 5.49. The summed E-state index contributed by atoms with van der Waals surface area (Å²) in [6.45, 7) is 6.98. The fraction of sp³-hybridized carbons (Fsp3) is 0.769. The maximum absolute atomic E-state index is 5.67. The van der Waals surface area contributed by atoms with Crippen LogP contribution in [0.5, 0.6) is 6.01 Å². The Morgan fingerprint density at radius 1 is 1.16 bits per heavy atom. The van der Waals surface area contributed by atoms with Crippen LogP contribution in [0.2, 0.25) is 0 Å². The molecule has 0 amide bonds. The van der Waals surface area contributed by atoms with E-state index in [1.165, 1.54) is 6.42 Å². The fourth-order valence-corrected chi connectivity index (χ4v) is 2.88. The van der Waals surface area contributed by atoms with Gasteiger partial charge in [0.25, 0.3) is 0 Å². The van der Waals surface area contributed by atoms with E-state index < -0.39 is 0 Å². The molecule has 0 radical (unpaired) electrons. The molecular weight excluding hydrogens is 242 g/mol. The number of hydrogen-bond acceptors (Lipinski definition) is 6. The van der Waals surface area contributed by atoms with Crippen LogP contribution in [-0.4, -0.2) is 27.6 Å². The first kappa shape index (κ1) is 13.8. The largest absolute Gasteiger partial charge is 0.464 e. The van der Waals surface area contributed by atoms with Gasteiger partial charge in [0.05, 0.1) is 6.61 Å². The summed E-state index contributed by atoms with van der Waals surface area (Å²) in [7, 11) is 0. The zero-order valence-corrected chi connectivity index (χ0v) is 11.9. The summed E-state index contributed by atoms with van der Waals surface area (Å²) in [6, 6.07) is 0.685. The lowest BCUT2D eigenvalue weighted by Crippen LogP contribution is -2.31. The van der Waals surface area contributed by atoms with Crippen molar-refractivity contribution in [3.63, 3.8) is 0 Å². The van der Waals surface area contributed by atoms with Crippen molar-refractivity contribution in [1.29, 1.82) is 0 Å². The minimum absolute atomic E-state index is 0.192. The summed E-state index contributed by atoms with van der Waals surface area (Å²) in [4.78, 5) is 12.3.